The Balaban J connectivity index is 2.24. The molecule has 20 heavy (non-hydrogen) atoms. The maximum Gasteiger partial charge on any atom is 0.307 e. The van der Waals surface area contributed by atoms with E-state index in [1.807, 2.05) is 0 Å². The van der Waals surface area contributed by atoms with Crippen LogP contribution in [0.5, 0.6) is 17.2 Å². The first-order valence-electron chi connectivity index (χ1n) is 5.92. The Labute approximate surface area is 114 Å². The summed E-state index contributed by atoms with van der Waals surface area (Å²) in [6.45, 7) is 0.0760. The average molecular weight is 282 g/mol. The lowest BCUT2D eigenvalue weighted by atomic mass is 9.96. The predicted molar refractivity (Wildman–Crippen MR) is 66.2 cm³/mol. The van der Waals surface area contributed by atoms with Crippen molar-refractivity contribution in [3.63, 3.8) is 0 Å². The van der Waals surface area contributed by atoms with Gasteiger partial charge >= 0.3 is 11.9 Å². The summed E-state index contributed by atoms with van der Waals surface area (Å²) < 4.78 is 15.6. The maximum atomic E-state index is 11.1. The number of hydrogen-bond donors (Lipinski definition) is 2. The van der Waals surface area contributed by atoms with Crippen LogP contribution in [0.15, 0.2) is 12.1 Å². The van der Waals surface area contributed by atoms with E-state index in [0.717, 1.165) is 0 Å². The van der Waals surface area contributed by atoms with Crippen molar-refractivity contribution in [2.75, 3.05) is 13.9 Å². The van der Waals surface area contributed by atoms with Crippen LogP contribution in [-0.2, 0) is 16.0 Å². The predicted octanol–water partition coefficient (Wildman–Crippen LogP) is 1.14. The summed E-state index contributed by atoms with van der Waals surface area (Å²) in [5.74, 6) is -1.92. The summed E-state index contributed by atoms with van der Waals surface area (Å²) in [5, 5.41) is 17.8. The van der Waals surface area contributed by atoms with Crippen molar-refractivity contribution in [2.24, 2.45) is 5.92 Å². The van der Waals surface area contributed by atoms with Gasteiger partial charge in [0.05, 0.1) is 19.4 Å². The SMILES string of the molecule is COc1cc(C[C@H](CC(=O)O)C(=O)O)cc2c1OCO2. The van der Waals surface area contributed by atoms with Gasteiger partial charge in [-0.15, -0.1) is 0 Å². The molecule has 0 saturated carbocycles. The quantitative estimate of drug-likeness (QED) is 0.806. The third-order valence-corrected chi connectivity index (χ3v) is 2.97. The molecule has 0 fully saturated rings. The zero-order valence-corrected chi connectivity index (χ0v) is 10.8. The molecule has 1 aliphatic rings. The number of hydrogen-bond acceptors (Lipinski definition) is 5. The van der Waals surface area contributed by atoms with Gasteiger partial charge in [0.1, 0.15) is 0 Å². The summed E-state index contributed by atoms with van der Waals surface area (Å²) in [6, 6.07) is 3.27. The number of rotatable bonds is 6. The largest absolute Gasteiger partial charge is 0.493 e. The first-order valence-corrected chi connectivity index (χ1v) is 5.92. The van der Waals surface area contributed by atoms with Crippen LogP contribution in [0, 0.1) is 5.92 Å². The molecule has 0 aromatic heterocycles. The zero-order chi connectivity index (χ0) is 14.7. The van der Waals surface area contributed by atoms with E-state index in [2.05, 4.69) is 0 Å². The van der Waals surface area contributed by atoms with Gasteiger partial charge in [-0.3, -0.25) is 9.59 Å². The van der Waals surface area contributed by atoms with Gasteiger partial charge in [0.25, 0.3) is 0 Å². The van der Waals surface area contributed by atoms with Crippen LogP contribution in [0.1, 0.15) is 12.0 Å². The number of methoxy groups -OCH3 is 1. The first kappa shape index (κ1) is 14.0. The Morgan fingerprint density at radius 3 is 2.70 bits per heavy atom. The van der Waals surface area contributed by atoms with Crippen molar-refractivity contribution < 1.29 is 34.0 Å². The van der Waals surface area contributed by atoms with Crippen LogP contribution >= 0.6 is 0 Å². The second kappa shape index (κ2) is 5.68. The minimum Gasteiger partial charge on any atom is -0.493 e. The minimum atomic E-state index is -1.15. The summed E-state index contributed by atoms with van der Waals surface area (Å²) >= 11 is 0. The standard InChI is InChI=1S/C13H14O7/c1-18-9-3-7(4-10-12(9)20-6-19-10)2-8(13(16)17)5-11(14)15/h3-4,8H,2,5-6H2,1H3,(H,14,15)(H,16,17)/t8-/m1/s1. The summed E-state index contributed by atoms with van der Waals surface area (Å²) in [5.41, 5.74) is 0.625. The highest BCUT2D eigenvalue weighted by molar-refractivity contribution is 5.78. The summed E-state index contributed by atoms with van der Waals surface area (Å²) in [6.07, 6.45) is -0.360. The Morgan fingerprint density at radius 2 is 2.10 bits per heavy atom. The van der Waals surface area contributed by atoms with E-state index >= 15 is 0 Å². The fraction of sp³-hybridized carbons (Fsp3) is 0.385. The van der Waals surface area contributed by atoms with Gasteiger partial charge < -0.3 is 24.4 Å². The molecule has 1 heterocycles. The second-order valence-corrected chi connectivity index (χ2v) is 4.37. The molecule has 2 N–H and O–H groups in total. The minimum absolute atomic E-state index is 0.0760. The number of carbonyl (C=O) groups is 2. The molecule has 1 aliphatic heterocycles. The number of benzene rings is 1. The Bertz CT molecular complexity index is 538. The molecule has 0 aliphatic carbocycles. The van der Waals surface area contributed by atoms with Crippen molar-refractivity contribution in [3.8, 4) is 17.2 Å². The van der Waals surface area contributed by atoms with Crippen LogP contribution in [-0.4, -0.2) is 36.1 Å². The lowest BCUT2D eigenvalue weighted by molar-refractivity contribution is -0.148. The third-order valence-electron chi connectivity index (χ3n) is 2.97. The second-order valence-electron chi connectivity index (χ2n) is 4.37. The van der Waals surface area contributed by atoms with Crippen LogP contribution in [0.3, 0.4) is 0 Å². The topological polar surface area (TPSA) is 102 Å². The number of carboxylic acids is 2. The summed E-state index contributed by atoms with van der Waals surface area (Å²) in [7, 11) is 1.47. The highest BCUT2D eigenvalue weighted by Crippen LogP contribution is 2.42. The van der Waals surface area contributed by atoms with Crippen molar-refractivity contribution in [1.29, 1.82) is 0 Å². The fourth-order valence-electron chi connectivity index (χ4n) is 2.04. The first-order chi connectivity index (χ1) is 9.51. The monoisotopic (exact) mass is 282 g/mol. The van der Waals surface area contributed by atoms with Gasteiger partial charge in [0, 0.05) is 0 Å². The fourth-order valence-corrected chi connectivity index (χ4v) is 2.04. The van der Waals surface area contributed by atoms with Crippen LogP contribution in [0.4, 0.5) is 0 Å². The van der Waals surface area contributed by atoms with Gasteiger partial charge in [-0.2, -0.15) is 0 Å². The van der Waals surface area contributed by atoms with Gasteiger partial charge in [0.15, 0.2) is 11.5 Å². The molecule has 7 heteroatoms. The van der Waals surface area contributed by atoms with Gasteiger partial charge in [-0.05, 0) is 24.1 Å². The molecular weight excluding hydrogens is 268 g/mol. The molecule has 0 spiro atoms. The van der Waals surface area contributed by atoms with Crippen molar-refractivity contribution in [3.05, 3.63) is 17.7 Å². The molecule has 0 bridgehead atoms. The van der Waals surface area contributed by atoms with E-state index in [4.69, 9.17) is 24.4 Å². The van der Waals surface area contributed by atoms with Crippen LogP contribution in [0.2, 0.25) is 0 Å². The van der Waals surface area contributed by atoms with E-state index in [1.54, 1.807) is 12.1 Å². The van der Waals surface area contributed by atoms with Crippen molar-refractivity contribution in [1.82, 2.24) is 0 Å². The molecule has 0 unspecified atom stereocenters. The number of fused-ring (bicyclic) bond motifs is 1. The zero-order valence-electron chi connectivity index (χ0n) is 10.8. The molecule has 0 amide bonds. The van der Waals surface area contributed by atoms with Crippen LogP contribution in [0.25, 0.3) is 0 Å². The Hall–Kier alpha value is -2.44. The normalized spacial score (nSPS) is 13.8. The van der Waals surface area contributed by atoms with Gasteiger partial charge in [-0.25, -0.2) is 0 Å². The Kier molecular flexibility index (Phi) is 3.97. The molecule has 1 atom stereocenters. The van der Waals surface area contributed by atoms with E-state index in [9.17, 15) is 9.59 Å². The lowest BCUT2D eigenvalue weighted by Gasteiger charge is -2.12. The van der Waals surface area contributed by atoms with Crippen molar-refractivity contribution >= 4 is 11.9 Å². The number of ether oxygens (including phenoxy) is 3. The molecule has 0 saturated heterocycles. The van der Waals surface area contributed by atoms with E-state index < -0.39 is 24.3 Å². The maximum absolute atomic E-state index is 11.1. The average Bonchev–Trinajstić information content (AvgIpc) is 2.84. The molecule has 7 nitrogen and oxygen atoms in total. The molecule has 1 aromatic carbocycles. The smallest absolute Gasteiger partial charge is 0.307 e. The highest BCUT2D eigenvalue weighted by atomic mass is 16.7. The summed E-state index contributed by atoms with van der Waals surface area (Å²) in [4.78, 5) is 21.8. The Morgan fingerprint density at radius 1 is 1.35 bits per heavy atom. The molecule has 0 radical (unpaired) electrons. The van der Waals surface area contributed by atoms with Crippen molar-refractivity contribution in [2.45, 2.75) is 12.8 Å². The van der Waals surface area contributed by atoms with Gasteiger partial charge in [-0.1, -0.05) is 0 Å². The van der Waals surface area contributed by atoms with E-state index in [-0.39, 0.29) is 13.2 Å². The molecule has 2 rings (SSSR count). The number of carboxylic acid groups (broad SMARTS) is 2. The molecule has 108 valence electrons. The number of aliphatic carboxylic acids is 2. The molecule has 1 aromatic rings. The van der Waals surface area contributed by atoms with Gasteiger partial charge in [0.2, 0.25) is 12.5 Å². The van der Waals surface area contributed by atoms with Crippen LogP contribution < -0.4 is 14.2 Å². The molecular formula is C13H14O7. The highest BCUT2D eigenvalue weighted by Gasteiger charge is 2.25. The third kappa shape index (κ3) is 2.93. The lowest BCUT2D eigenvalue weighted by Crippen LogP contribution is -2.20. The van der Waals surface area contributed by atoms with E-state index in [0.29, 0.717) is 22.8 Å². The van der Waals surface area contributed by atoms with E-state index in [1.165, 1.54) is 7.11 Å².